The number of rotatable bonds is 0. The number of nitrogens with one attached hydrogen (secondary N) is 1. The number of hydrogen-bond donors (Lipinski definition) is 1. The Kier molecular flexibility index (Phi) is 2.34. The number of benzene rings is 1. The Morgan fingerprint density at radius 2 is 2.07 bits per heavy atom. The molecule has 76 valence electrons. The Bertz CT molecular complexity index is 369. The molecule has 0 amide bonds. The van der Waals surface area contributed by atoms with Crippen molar-refractivity contribution in [2.45, 2.75) is 32.6 Å². The van der Waals surface area contributed by atoms with Gasteiger partial charge in [-0.2, -0.15) is 0 Å². The first-order valence-corrected chi connectivity index (χ1v) is 5.84. The van der Waals surface area contributed by atoms with Crippen molar-refractivity contribution < 1.29 is 0 Å². The molecule has 0 saturated carbocycles. The largest absolute Gasteiger partial charge is 0.384 e. The third-order valence-corrected chi connectivity index (χ3v) is 3.64. The van der Waals surface area contributed by atoms with Crippen LogP contribution in [0.2, 0.25) is 0 Å². The van der Waals surface area contributed by atoms with Gasteiger partial charge in [0.25, 0.3) is 0 Å². The van der Waals surface area contributed by atoms with E-state index < -0.39 is 0 Å². The molecule has 0 aromatic heterocycles. The van der Waals surface area contributed by atoms with Crippen LogP contribution in [0.5, 0.6) is 0 Å². The first-order valence-electron chi connectivity index (χ1n) is 5.05. The molecule has 0 radical (unpaired) electrons. The third kappa shape index (κ3) is 1.56. The first-order chi connectivity index (χ1) is 6.50. The molecule has 0 spiro atoms. The fourth-order valence-corrected chi connectivity index (χ4v) is 2.81. The van der Waals surface area contributed by atoms with E-state index in [9.17, 15) is 0 Å². The Morgan fingerprint density at radius 3 is 2.79 bits per heavy atom. The van der Waals surface area contributed by atoms with E-state index in [4.69, 9.17) is 0 Å². The van der Waals surface area contributed by atoms with Crippen molar-refractivity contribution in [3.05, 3.63) is 27.7 Å². The molecule has 0 bridgehead atoms. The summed E-state index contributed by atoms with van der Waals surface area (Å²) in [5, 5.41) is 3.47. The zero-order valence-electron chi connectivity index (χ0n) is 8.95. The molecule has 1 N–H and O–H groups in total. The zero-order chi connectivity index (χ0) is 10.3. The molecule has 0 fully saturated rings. The van der Waals surface area contributed by atoms with Gasteiger partial charge in [0.1, 0.15) is 0 Å². The van der Waals surface area contributed by atoms with Crippen molar-refractivity contribution in [2.24, 2.45) is 0 Å². The average Bonchev–Trinajstić information content (AvgIpc) is 2.06. The molecule has 2 rings (SSSR count). The molecule has 0 saturated heterocycles. The predicted molar refractivity (Wildman–Crippen MR) is 65.0 cm³/mol. The summed E-state index contributed by atoms with van der Waals surface area (Å²) in [7, 11) is 0. The van der Waals surface area contributed by atoms with Crippen LogP contribution in [0.1, 0.15) is 31.4 Å². The van der Waals surface area contributed by atoms with Gasteiger partial charge in [-0.1, -0.05) is 19.9 Å². The van der Waals surface area contributed by atoms with Gasteiger partial charge in [-0.15, -0.1) is 0 Å². The first kappa shape index (κ1) is 10.0. The van der Waals surface area contributed by atoms with E-state index in [2.05, 4.69) is 54.2 Å². The Morgan fingerprint density at radius 1 is 1.36 bits per heavy atom. The highest BCUT2D eigenvalue weighted by Crippen LogP contribution is 2.40. The summed E-state index contributed by atoms with van der Waals surface area (Å²) in [5.74, 6) is 0. The summed E-state index contributed by atoms with van der Waals surface area (Å²) in [6, 6.07) is 4.47. The highest BCUT2D eigenvalue weighted by atomic mass is 79.9. The molecular weight excluding hydrogens is 238 g/mol. The van der Waals surface area contributed by atoms with Crippen LogP contribution in [0, 0.1) is 6.92 Å². The van der Waals surface area contributed by atoms with Crippen LogP contribution < -0.4 is 5.32 Å². The second-order valence-corrected chi connectivity index (χ2v) is 5.58. The number of hydrogen-bond acceptors (Lipinski definition) is 1. The summed E-state index contributed by atoms with van der Waals surface area (Å²) in [6.45, 7) is 7.86. The Balaban J connectivity index is 2.63. The molecule has 0 aliphatic carbocycles. The average molecular weight is 254 g/mol. The van der Waals surface area contributed by atoms with E-state index in [1.54, 1.807) is 0 Å². The van der Waals surface area contributed by atoms with E-state index >= 15 is 0 Å². The maximum Gasteiger partial charge on any atom is 0.0522 e. The second kappa shape index (κ2) is 3.27. The van der Waals surface area contributed by atoms with Gasteiger partial charge in [-0.3, -0.25) is 0 Å². The second-order valence-electron chi connectivity index (χ2n) is 4.73. The van der Waals surface area contributed by atoms with E-state index in [0.29, 0.717) is 5.41 Å². The zero-order valence-corrected chi connectivity index (χ0v) is 10.5. The highest BCUT2D eigenvalue weighted by molar-refractivity contribution is 9.10. The van der Waals surface area contributed by atoms with Gasteiger partial charge in [-0.05, 0) is 51.9 Å². The summed E-state index contributed by atoms with van der Waals surface area (Å²) in [5.41, 5.74) is 4.35. The number of aryl methyl sites for hydroxylation is 1. The van der Waals surface area contributed by atoms with E-state index in [1.807, 2.05) is 0 Å². The van der Waals surface area contributed by atoms with Gasteiger partial charge in [0, 0.05) is 11.0 Å². The van der Waals surface area contributed by atoms with Crippen LogP contribution in [0.4, 0.5) is 5.69 Å². The molecule has 0 unspecified atom stereocenters. The lowest BCUT2D eigenvalue weighted by molar-refractivity contribution is 0.481. The molecule has 0 atom stereocenters. The predicted octanol–water partition coefficient (Wildman–Crippen LogP) is 3.85. The van der Waals surface area contributed by atoms with E-state index in [-0.39, 0.29) is 0 Å². The van der Waals surface area contributed by atoms with Crippen LogP contribution in [-0.2, 0) is 5.41 Å². The van der Waals surface area contributed by atoms with Crippen LogP contribution in [0.15, 0.2) is 16.6 Å². The van der Waals surface area contributed by atoms with E-state index in [1.165, 1.54) is 27.7 Å². The Labute approximate surface area is 94.0 Å². The molecule has 1 aromatic carbocycles. The van der Waals surface area contributed by atoms with Crippen LogP contribution >= 0.6 is 15.9 Å². The van der Waals surface area contributed by atoms with Crippen molar-refractivity contribution in [2.75, 3.05) is 11.9 Å². The standard InChI is InChI=1S/C12H16BrN/c1-8-6-9-11(10(13)7-8)14-5-4-12(9,2)3/h6-7,14H,4-5H2,1-3H3. The molecule has 1 nitrogen and oxygen atoms in total. The van der Waals surface area contributed by atoms with Crippen LogP contribution in [0.3, 0.4) is 0 Å². The fourth-order valence-electron chi connectivity index (χ4n) is 2.09. The molecule has 14 heavy (non-hydrogen) atoms. The maximum absolute atomic E-state index is 3.62. The fraction of sp³-hybridized carbons (Fsp3) is 0.500. The maximum atomic E-state index is 3.62. The number of halogens is 1. The molecular formula is C12H16BrN. The van der Waals surface area contributed by atoms with Gasteiger partial charge in [0.05, 0.1) is 5.69 Å². The van der Waals surface area contributed by atoms with E-state index in [0.717, 1.165) is 6.54 Å². The minimum Gasteiger partial charge on any atom is -0.384 e. The van der Waals surface area contributed by atoms with Crippen molar-refractivity contribution in [1.29, 1.82) is 0 Å². The SMILES string of the molecule is Cc1cc(Br)c2c(c1)C(C)(C)CCN2. The van der Waals surface area contributed by atoms with Crippen molar-refractivity contribution in [1.82, 2.24) is 0 Å². The quantitative estimate of drug-likeness (QED) is 0.741. The lowest BCUT2D eigenvalue weighted by atomic mass is 9.78. The summed E-state index contributed by atoms with van der Waals surface area (Å²) < 4.78 is 1.19. The van der Waals surface area contributed by atoms with Gasteiger partial charge >= 0.3 is 0 Å². The lowest BCUT2D eigenvalue weighted by Crippen LogP contribution is -2.28. The lowest BCUT2D eigenvalue weighted by Gasteiger charge is -2.34. The topological polar surface area (TPSA) is 12.0 Å². The van der Waals surface area contributed by atoms with Crippen molar-refractivity contribution in [3.63, 3.8) is 0 Å². The minimum absolute atomic E-state index is 0.301. The molecule has 1 aliphatic heterocycles. The van der Waals surface area contributed by atoms with Gasteiger partial charge in [0.2, 0.25) is 0 Å². The smallest absolute Gasteiger partial charge is 0.0522 e. The van der Waals surface area contributed by atoms with Crippen molar-refractivity contribution >= 4 is 21.6 Å². The monoisotopic (exact) mass is 253 g/mol. The highest BCUT2D eigenvalue weighted by Gasteiger charge is 2.28. The number of anilines is 1. The van der Waals surface area contributed by atoms with Crippen LogP contribution in [-0.4, -0.2) is 6.54 Å². The van der Waals surface area contributed by atoms with Crippen LogP contribution in [0.25, 0.3) is 0 Å². The summed E-state index contributed by atoms with van der Waals surface area (Å²) in [6.07, 6.45) is 1.20. The van der Waals surface area contributed by atoms with Gasteiger partial charge in [-0.25, -0.2) is 0 Å². The summed E-state index contributed by atoms with van der Waals surface area (Å²) in [4.78, 5) is 0. The molecule has 1 aliphatic rings. The minimum atomic E-state index is 0.301. The Hall–Kier alpha value is -0.500. The van der Waals surface area contributed by atoms with Gasteiger partial charge < -0.3 is 5.32 Å². The number of fused-ring (bicyclic) bond motifs is 1. The van der Waals surface area contributed by atoms with Gasteiger partial charge in [0.15, 0.2) is 0 Å². The molecule has 2 heteroatoms. The third-order valence-electron chi connectivity index (χ3n) is 3.02. The normalized spacial score (nSPS) is 18.6. The van der Waals surface area contributed by atoms with Crippen molar-refractivity contribution in [3.8, 4) is 0 Å². The summed E-state index contributed by atoms with van der Waals surface area (Å²) >= 11 is 3.62. The molecule has 1 heterocycles. The molecule has 1 aromatic rings.